The number of nitrogens with zero attached hydrogens (tertiary/aromatic N) is 1. The number of benzene rings is 2. The zero-order chi connectivity index (χ0) is 24.2. The zero-order valence-corrected chi connectivity index (χ0v) is 18.8. The molecule has 0 aliphatic carbocycles. The Morgan fingerprint density at radius 1 is 1.18 bits per heavy atom. The van der Waals surface area contributed by atoms with E-state index in [1.165, 1.54) is 12.1 Å². The summed E-state index contributed by atoms with van der Waals surface area (Å²) in [4.78, 5) is 13.5. The number of hydrogen-bond donors (Lipinski definition) is 1. The first-order valence-electron chi connectivity index (χ1n) is 10.9. The van der Waals surface area contributed by atoms with Gasteiger partial charge in [0.1, 0.15) is 0 Å². The van der Waals surface area contributed by atoms with Gasteiger partial charge in [0.05, 0.1) is 11.6 Å². The van der Waals surface area contributed by atoms with E-state index in [0.29, 0.717) is 19.4 Å². The average Bonchev–Trinajstić information content (AvgIpc) is 2.74. The molecule has 1 N–H and O–H groups in total. The van der Waals surface area contributed by atoms with Crippen molar-refractivity contribution in [3.05, 3.63) is 82.9 Å². The normalized spacial score (nSPS) is 19.9. The van der Waals surface area contributed by atoms with Crippen LogP contribution in [0.4, 0.5) is 13.2 Å². The van der Waals surface area contributed by atoms with E-state index in [1.54, 1.807) is 0 Å². The lowest BCUT2D eigenvalue weighted by Gasteiger charge is -2.42. The minimum Gasteiger partial charge on any atom is -0.481 e. The highest BCUT2D eigenvalue weighted by Crippen LogP contribution is 2.41. The number of carbonyl (C=O) groups is 1. The van der Waals surface area contributed by atoms with Gasteiger partial charge in [-0.1, -0.05) is 60.4 Å². The Hall–Kier alpha value is -3.04. The summed E-state index contributed by atoms with van der Waals surface area (Å²) in [5.41, 5.74) is 2.85. The van der Waals surface area contributed by atoms with E-state index in [0.717, 1.165) is 34.4 Å². The van der Waals surface area contributed by atoms with Crippen LogP contribution < -0.4 is 0 Å². The van der Waals surface area contributed by atoms with Crippen molar-refractivity contribution < 1.29 is 23.1 Å². The molecular formula is C27H28F3NO2. The van der Waals surface area contributed by atoms with E-state index in [1.807, 2.05) is 38.1 Å². The third-order valence-electron chi connectivity index (χ3n) is 5.99. The standard InChI is InChI=1S/C27H28F3NO2/c1-18(2)4-13-24(21-7-5-19(3)6-8-21)31-15-14-20(17-26(32)33)16-25(31)22-9-11-23(12-10-22)27(28,29)30/h5-12,20,24-25H,1,14-17H2,2-3H3,(H,32,33)/t20-,24-,25+/m0/s1. The van der Waals surface area contributed by atoms with Crippen LogP contribution in [0.15, 0.2) is 60.7 Å². The van der Waals surface area contributed by atoms with Gasteiger partial charge in [0.15, 0.2) is 0 Å². The summed E-state index contributed by atoms with van der Waals surface area (Å²) < 4.78 is 39.3. The molecule has 0 unspecified atom stereocenters. The maximum atomic E-state index is 13.1. The quantitative estimate of drug-likeness (QED) is 0.519. The second-order valence-electron chi connectivity index (χ2n) is 8.72. The monoisotopic (exact) mass is 455 g/mol. The van der Waals surface area contributed by atoms with E-state index in [-0.39, 0.29) is 24.4 Å². The highest BCUT2D eigenvalue weighted by molar-refractivity contribution is 5.67. The first-order valence-corrected chi connectivity index (χ1v) is 10.9. The molecule has 1 aliphatic rings. The first kappa shape index (κ1) is 24.6. The van der Waals surface area contributed by atoms with Crippen molar-refractivity contribution in [3.63, 3.8) is 0 Å². The SMILES string of the molecule is C=C(C)C#C[C@@H](c1ccc(C)cc1)N1CC[C@H](CC(=O)O)C[C@@H]1c1ccc(C(F)(F)F)cc1. The molecule has 0 saturated carbocycles. The topological polar surface area (TPSA) is 40.5 Å². The molecule has 0 aromatic heterocycles. The summed E-state index contributed by atoms with van der Waals surface area (Å²) in [6.07, 6.45) is -3.15. The Bertz CT molecular complexity index is 1050. The number of allylic oxidation sites excluding steroid dienone is 1. The van der Waals surface area contributed by atoms with E-state index in [9.17, 15) is 23.1 Å². The molecule has 1 saturated heterocycles. The number of piperidine rings is 1. The van der Waals surface area contributed by atoms with Crippen molar-refractivity contribution in [2.24, 2.45) is 5.92 Å². The second kappa shape index (κ2) is 10.3. The number of carboxylic acid groups (broad SMARTS) is 1. The Balaban J connectivity index is 2.02. The summed E-state index contributed by atoms with van der Waals surface area (Å²) in [5.74, 6) is 5.45. The number of alkyl halides is 3. The molecule has 1 fully saturated rings. The number of rotatable bonds is 5. The maximum absolute atomic E-state index is 13.1. The van der Waals surface area contributed by atoms with Crippen LogP contribution in [-0.4, -0.2) is 22.5 Å². The summed E-state index contributed by atoms with van der Waals surface area (Å²) in [7, 11) is 0. The number of carboxylic acids is 1. The fourth-order valence-electron chi connectivity index (χ4n) is 4.32. The molecule has 0 radical (unpaired) electrons. The van der Waals surface area contributed by atoms with E-state index >= 15 is 0 Å². The fraction of sp³-hybridized carbons (Fsp3) is 0.370. The Morgan fingerprint density at radius 2 is 1.82 bits per heavy atom. The predicted octanol–water partition coefficient (Wildman–Crippen LogP) is 6.56. The third kappa shape index (κ3) is 6.49. The molecule has 174 valence electrons. The number of hydrogen-bond acceptors (Lipinski definition) is 2. The molecule has 0 spiro atoms. The molecule has 33 heavy (non-hydrogen) atoms. The van der Waals surface area contributed by atoms with Crippen LogP contribution in [0.3, 0.4) is 0 Å². The van der Waals surface area contributed by atoms with E-state index in [2.05, 4.69) is 23.3 Å². The maximum Gasteiger partial charge on any atom is 0.416 e. The third-order valence-corrected chi connectivity index (χ3v) is 5.99. The van der Waals surface area contributed by atoms with Crippen molar-refractivity contribution >= 4 is 5.97 Å². The molecule has 3 atom stereocenters. The second-order valence-corrected chi connectivity index (χ2v) is 8.72. The minimum absolute atomic E-state index is 0.0393. The van der Waals surface area contributed by atoms with Gasteiger partial charge in [0.25, 0.3) is 0 Å². The number of likely N-dealkylation sites (tertiary alicyclic amines) is 1. The summed E-state index contributed by atoms with van der Waals surface area (Å²) >= 11 is 0. The lowest BCUT2D eigenvalue weighted by atomic mass is 9.83. The molecule has 3 nitrogen and oxygen atoms in total. The van der Waals surface area contributed by atoms with Gasteiger partial charge in [0, 0.05) is 19.0 Å². The van der Waals surface area contributed by atoms with Crippen LogP contribution in [0, 0.1) is 24.7 Å². The van der Waals surface area contributed by atoms with Gasteiger partial charge in [-0.25, -0.2) is 0 Å². The molecule has 2 aromatic carbocycles. The number of aliphatic carboxylic acids is 1. The largest absolute Gasteiger partial charge is 0.481 e. The van der Waals surface area contributed by atoms with Gasteiger partial charge in [-0.2, -0.15) is 13.2 Å². The van der Waals surface area contributed by atoms with Gasteiger partial charge in [-0.15, -0.1) is 0 Å². The molecule has 2 aromatic rings. The van der Waals surface area contributed by atoms with Crippen LogP contribution in [-0.2, 0) is 11.0 Å². The molecule has 1 heterocycles. The summed E-state index contributed by atoms with van der Waals surface area (Å²) in [6.45, 7) is 8.29. The average molecular weight is 456 g/mol. The van der Waals surface area contributed by atoms with Crippen LogP contribution in [0.5, 0.6) is 0 Å². The highest BCUT2D eigenvalue weighted by atomic mass is 19.4. The zero-order valence-electron chi connectivity index (χ0n) is 18.8. The Labute approximate surface area is 192 Å². The minimum atomic E-state index is -4.41. The van der Waals surface area contributed by atoms with Crippen molar-refractivity contribution in [1.29, 1.82) is 0 Å². The lowest BCUT2D eigenvalue weighted by molar-refractivity contribution is -0.139. The van der Waals surface area contributed by atoms with E-state index < -0.39 is 17.7 Å². The van der Waals surface area contributed by atoms with Crippen LogP contribution >= 0.6 is 0 Å². The number of aryl methyl sites for hydroxylation is 1. The van der Waals surface area contributed by atoms with Crippen LogP contribution in [0.25, 0.3) is 0 Å². The van der Waals surface area contributed by atoms with Crippen molar-refractivity contribution in [2.45, 2.75) is 51.4 Å². The molecule has 0 bridgehead atoms. The fourth-order valence-corrected chi connectivity index (χ4v) is 4.32. The Kier molecular flexibility index (Phi) is 7.65. The lowest BCUT2D eigenvalue weighted by Crippen LogP contribution is -2.39. The van der Waals surface area contributed by atoms with Crippen molar-refractivity contribution in [3.8, 4) is 11.8 Å². The van der Waals surface area contributed by atoms with Gasteiger partial charge in [-0.3, -0.25) is 9.69 Å². The smallest absolute Gasteiger partial charge is 0.416 e. The number of halogens is 3. The van der Waals surface area contributed by atoms with Crippen molar-refractivity contribution in [1.82, 2.24) is 4.90 Å². The molecule has 6 heteroatoms. The summed E-state index contributed by atoms with van der Waals surface area (Å²) in [6, 6.07) is 12.7. The van der Waals surface area contributed by atoms with Gasteiger partial charge in [-0.05, 0) is 61.4 Å². The van der Waals surface area contributed by atoms with Crippen molar-refractivity contribution in [2.75, 3.05) is 6.54 Å². The predicted molar refractivity (Wildman–Crippen MR) is 122 cm³/mol. The Morgan fingerprint density at radius 3 is 2.36 bits per heavy atom. The van der Waals surface area contributed by atoms with Crippen LogP contribution in [0.2, 0.25) is 0 Å². The molecule has 3 rings (SSSR count). The highest BCUT2D eigenvalue weighted by Gasteiger charge is 2.36. The molecule has 1 aliphatic heterocycles. The van der Waals surface area contributed by atoms with Gasteiger partial charge < -0.3 is 5.11 Å². The van der Waals surface area contributed by atoms with Crippen LogP contribution in [0.1, 0.15) is 60.5 Å². The first-order chi connectivity index (χ1) is 15.5. The summed E-state index contributed by atoms with van der Waals surface area (Å²) in [5, 5.41) is 9.30. The van der Waals surface area contributed by atoms with Gasteiger partial charge in [0.2, 0.25) is 0 Å². The molecular weight excluding hydrogens is 427 g/mol. The molecule has 0 amide bonds. The van der Waals surface area contributed by atoms with Gasteiger partial charge >= 0.3 is 12.1 Å². The van der Waals surface area contributed by atoms with E-state index in [4.69, 9.17) is 0 Å².